The number of benzene rings is 1. The van der Waals surface area contributed by atoms with Gasteiger partial charge in [0.1, 0.15) is 24.5 Å². The van der Waals surface area contributed by atoms with E-state index in [0.717, 1.165) is 16.3 Å². The number of sulfonamides is 1. The predicted octanol–water partition coefficient (Wildman–Crippen LogP) is 4.45. The van der Waals surface area contributed by atoms with Crippen LogP contribution in [0.4, 0.5) is 28.2 Å². The molecule has 1 amide bonds. The van der Waals surface area contributed by atoms with Crippen molar-refractivity contribution in [2.45, 2.75) is 62.6 Å². The molecule has 240 valence electrons. The Hall–Kier alpha value is -3.28. The monoisotopic (exact) mass is 658 g/mol. The molecule has 17 heteroatoms. The summed E-state index contributed by atoms with van der Waals surface area (Å²) in [6.07, 6.45) is 3.16. The third-order valence-corrected chi connectivity index (χ3v) is 10.9. The first-order valence-corrected chi connectivity index (χ1v) is 19.4. The van der Waals surface area contributed by atoms with Gasteiger partial charge in [-0.15, -0.1) is 0 Å². The molecule has 0 saturated carbocycles. The lowest BCUT2D eigenvalue weighted by Crippen LogP contribution is -2.45. The molecule has 1 N–H and O–H groups in total. The number of carbonyl (C=O) groups excluding carboxylic acids is 1. The Morgan fingerprint density at radius 1 is 1.02 bits per heavy atom. The minimum atomic E-state index is -5.05. The van der Waals surface area contributed by atoms with Gasteiger partial charge in [-0.1, -0.05) is 19.6 Å². The lowest BCUT2D eigenvalue weighted by molar-refractivity contribution is 0.0899. The molecule has 2 aliphatic heterocycles. The van der Waals surface area contributed by atoms with Gasteiger partial charge in [0.25, 0.3) is 0 Å². The fourth-order valence-corrected chi connectivity index (χ4v) is 7.14. The van der Waals surface area contributed by atoms with E-state index in [1.807, 2.05) is 21.7 Å². The fraction of sp³-hybridized carbons (Fsp3) is 0.519. The van der Waals surface area contributed by atoms with Gasteiger partial charge < -0.3 is 23.8 Å². The molecule has 2 saturated heterocycles. The van der Waals surface area contributed by atoms with Gasteiger partial charge in [-0.3, -0.25) is 0 Å². The molecule has 11 nitrogen and oxygen atoms in total. The second-order valence-electron chi connectivity index (χ2n) is 12.1. The van der Waals surface area contributed by atoms with Crippen LogP contribution in [0.2, 0.25) is 25.7 Å². The topological polar surface area (TPSA) is 119 Å². The maximum Gasteiger partial charge on any atom is 0.415 e. The van der Waals surface area contributed by atoms with Crippen LogP contribution in [-0.4, -0.2) is 80.8 Å². The van der Waals surface area contributed by atoms with Crippen molar-refractivity contribution in [3.05, 3.63) is 41.9 Å². The first-order chi connectivity index (χ1) is 20.8. The second kappa shape index (κ2) is 12.6. The van der Waals surface area contributed by atoms with Crippen molar-refractivity contribution in [3.8, 4) is 5.75 Å². The van der Waals surface area contributed by atoms with Gasteiger partial charge in [-0.2, -0.15) is 8.78 Å². The van der Waals surface area contributed by atoms with Gasteiger partial charge in [0.15, 0.2) is 16.5 Å². The summed E-state index contributed by atoms with van der Waals surface area (Å²) in [6, 6.07) is 2.13. The minimum absolute atomic E-state index is 0.213. The van der Waals surface area contributed by atoms with Crippen molar-refractivity contribution >= 4 is 41.0 Å². The number of aromatic nitrogens is 3. The van der Waals surface area contributed by atoms with E-state index in [-0.39, 0.29) is 25.9 Å². The van der Waals surface area contributed by atoms with E-state index in [4.69, 9.17) is 4.74 Å². The van der Waals surface area contributed by atoms with Crippen molar-refractivity contribution in [3.63, 3.8) is 0 Å². The second-order valence-corrected chi connectivity index (χ2v) is 19.3. The molecule has 2 aliphatic rings. The third-order valence-electron chi connectivity index (χ3n) is 7.63. The molecule has 0 bridgehead atoms. The fourth-order valence-electron chi connectivity index (χ4n) is 4.94. The van der Waals surface area contributed by atoms with E-state index in [2.05, 4.69) is 39.1 Å². The van der Waals surface area contributed by atoms with Gasteiger partial charge in [-0.05, 0) is 31.4 Å². The van der Waals surface area contributed by atoms with Gasteiger partial charge in [0, 0.05) is 53.1 Å². The number of ether oxygens (including phenoxy) is 2. The molecule has 1 aromatic carbocycles. The van der Waals surface area contributed by atoms with Crippen LogP contribution in [0.1, 0.15) is 19.3 Å². The normalized spacial score (nSPS) is 16.4. The first-order valence-electron chi connectivity index (χ1n) is 14.2. The smallest absolute Gasteiger partial charge is 0.404 e. The lowest BCUT2D eigenvalue weighted by Gasteiger charge is -2.33. The van der Waals surface area contributed by atoms with Gasteiger partial charge in [0.05, 0.1) is 5.39 Å². The Labute approximate surface area is 253 Å². The molecule has 0 aliphatic carbocycles. The number of carbonyl (C=O) groups is 1. The Kier molecular flexibility index (Phi) is 9.20. The van der Waals surface area contributed by atoms with E-state index in [0.29, 0.717) is 44.3 Å². The Balaban J connectivity index is 1.24. The van der Waals surface area contributed by atoms with Crippen molar-refractivity contribution in [2.24, 2.45) is 0 Å². The van der Waals surface area contributed by atoms with Crippen molar-refractivity contribution < 1.29 is 40.2 Å². The number of anilines is 1. The standard InChI is InChI=1S/C27H34F4N6O5SSi/c1-44(2,3)14-13-41-16-37-12-7-18-25(32-15-33-26(18)37)35-10-5-17(6-11-35)34-43(39,40)24-21(30)19(28)23(20(29)22(24)31)42-27(38)36-8-4-9-36/h7,12,15,17,34H,4-6,8-11,13-14,16H2,1-3H3. The lowest BCUT2D eigenvalue weighted by atomic mass is 10.1. The van der Waals surface area contributed by atoms with Crippen LogP contribution in [0, 0.1) is 23.3 Å². The molecule has 2 aromatic heterocycles. The molecule has 44 heavy (non-hydrogen) atoms. The molecule has 0 radical (unpaired) electrons. The molecule has 2 fully saturated rings. The van der Waals surface area contributed by atoms with Crippen molar-refractivity contribution in [2.75, 3.05) is 37.7 Å². The molecule has 3 aromatic rings. The van der Waals surface area contributed by atoms with Crippen LogP contribution >= 0.6 is 0 Å². The summed E-state index contributed by atoms with van der Waals surface area (Å²) in [6.45, 7) is 8.99. The maximum absolute atomic E-state index is 14.8. The highest BCUT2D eigenvalue weighted by Gasteiger charge is 2.37. The highest BCUT2D eigenvalue weighted by atomic mass is 32.2. The quantitative estimate of drug-likeness (QED) is 0.147. The number of likely N-dealkylation sites (tertiary alicyclic amines) is 1. The van der Waals surface area contributed by atoms with Crippen LogP contribution < -0.4 is 14.4 Å². The molecule has 0 spiro atoms. The third kappa shape index (κ3) is 6.69. The van der Waals surface area contributed by atoms with E-state index in [9.17, 15) is 30.8 Å². The van der Waals surface area contributed by atoms with Crippen LogP contribution in [0.15, 0.2) is 23.5 Å². The molecule has 0 atom stereocenters. The van der Waals surface area contributed by atoms with Crippen molar-refractivity contribution in [1.29, 1.82) is 0 Å². The Morgan fingerprint density at radius 2 is 1.68 bits per heavy atom. The van der Waals surface area contributed by atoms with E-state index >= 15 is 0 Å². The summed E-state index contributed by atoms with van der Waals surface area (Å²) >= 11 is 0. The molecular weight excluding hydrogens is 624 g/mol. The maximum atomic E-state index is 14.8. The minimum Gasteiger partial charge on any atom is -0.404 e. The largest absolute Gasteiger partial charge is 0.415 e. The first kappa shape index (κ1) is 32.1. The molecule has 0 unspecified atom stereocenters. The SMILES string of the molecule is C[Si](C)(C)CCOCn1ccc2c(N3CCC(NS(=O)(=O)c4c(F)c(F)c(OC(=O)N5CCC5)c(F)c4F)CC3)ncnc21. The van der Waals surface area contributed by atoms with Crippen LogP contribution in [-0.2, 0) is 21.5 Å². The van der Waals surface area contributed by atoms with E-state index in [1.165, 1.54) is 6.33 Å². The van der Waals surface area contributed by atoms with E-state index < -0.39 is 64.1 Å². The summed E-state index contributed by atoms with van der Waals surface area (Å²) in [5, 5.41) is 0.783. The summed E-state index contributed by atoms with van der Waals surface area (Å²) in [7, 11) is -6.27. The molecule has 4 heterocycles. The van der Waals surface area contributed by atoms with Gasteiger partial charge >= 0.3 is 6.09 Å². The Morgan fingerprint density at radius 3 is 2.27 bits per heavy atom. The number of amides is 1. The zero-order valence-corrected chi connectivity index (χ0v) is 26.4. The summed E-state index contributed by atoms with van der Waals surface area (Å²) in [4.78, 5) is 21.9. The highest BCUT2D eigenvalue weighted by molar-refractivity contribution is 7.89. The number of nitrogens with one attached hydrogen (secondary N) is 1. The number of rotatable bonds is 10. The van der Waals surface area contributed by atoms with Crippen LogP contribution in [0.5, 0.6) is 5.75 Å². The number of piperidine rings is 1. The summed E-state index contributed by atoms with van der Waals surface area (Å²) < 4.78 is 99.3. The van der Waals surface area contributed by atoms with Gasteiger partial charge in [0.2, 0.25) is 27.4 Å². The van der Waals surface area contributed by atoms with Crippen LogP contribution in [0.25, 0.3) is 11.0 Å². The predicted molar refractivity (Wildman–Crippen MR) is 156 cm³/mol. The highest BCUT2D eigenvalue weighted by Crippen LogP contribution is 2.34. The zero-order chi connectivity index (χ0) is 31.8. The number of fused-ring (bicyclic) bond motifs is 1. The average molecular weight is 659 g/mol. The number of nitrogens with zero attached hydrogens (tertiary/aromatic N) is 5. The Bertz CT molecular complexity index is 1630. The molecule has 5 rings (SSSR count). The summed E-state index contributed by atoms with van der Waals surface area (Å²) in [5.74, 6) is -9.59. The number of halogens is 4. The zero-order valence-electron chi connectivity index (χ0n) is 24.6. The van der Waals surface area contributed by atoms with Crippen molar-refractivity contribution in [1.82, 2.24) is 24.2 Å². The number of hydrogen-bond acceptors (Lipinski definition) is 8. The van der Waals surface area contributed by atoms with E-state index in [1.54, 1.807) is 0 Å². The molecular formula is C27H34F4N6O5SSi. The number of hydrogen-bond donors (Lipinski definition) is 1. The van der Waals surface area contributed by atoms with Gasteiger partial charge in [-0.25, -0.2) is 36.7 Å². The summed E-state index contributed by atoms with van der Waals surface area (Å²) in [5.41, 5.74) is 0.680. The average Bonchev–Trinajstić information content (AvgIpc) is 3.34. The van der Waals surface area contributed by atoms with Crippen LogP contribution in [0.3, 0.4) is 0 Å².